The molecule has 0 aliphatic carbocycles. The summed E-state index contributed by atoms with van der Waals surface area (Å²) >= 11 is 0. The standard InChI is InChI=1S/C17H15F3N2O2/c1-23-15-6-2-13(3-7-15)10-21-22-11-14-4-8-16(9-5-14)24-12-17(18,19)20/h2-11H,12H2,1H3. The Hall–Kier alpha value is -2.83. The third-order valence-electron chi connectivity index (χ3n) is 2.88. The van der Waals surface area contributed by atoms with E-state index < -0.39 is 12.8 Å². The van der Waals surface area contributed by atoms with Crippen LogP contribution in [-0.4, -0.2) is 32.3 Å². The maximum absolute atomic E-state index is 12.0. The highest BCUT2D eigenvalue weighted by Gasteiger charge is 2.28. The van der Waals surface area contributed by atoms with Crippen molar-refractivity contribution in [1.29, 1.82) is 0 Å². The Morgan fingerprint density at radius 3 is 1.71 bits per heavy atom. The first-order chi connectivity index (χ1) is 11.5. The van der Waals surface area contributed by atoms with E-state index >= 15 is 0 Å². The van der Waals surface area contributed by atoms with Crippen molar-refractivity contribution in [2.75, 3.05) is 13.7 Å². The quantitative estimate of drug-likeness (QED) is 0.589. The molecule has 0 fully saturated rings. The summed E-state index contributed by atoms with van der Waals surface area (Å²) in [6.07, 6.45) is -1.28. The molecule has 0 unspecified atom stereocenters. The molecule has 0 atom stereocenters. The van der Waals surface area contributed by atoms with Crippen molar-refractivity contribution in [2.45, 2.75) is 6.18 Å². The highest BCUT2D eigenvalue weighted by Crippen LogP contribution is 2.18. The fourth-order valence-corrected chi connectivity index (χ4v) is 1.71. The average molecular weight is 336 g/mol. The molecule has 0 N–H and O–H groups in total. The Bertz CT molecular complexity index is 693. The second kappa shape index (κ2) is 8.14. The Labute approximate surface area is 137 Å². The zero-order valence-electron chi connectivity index (χ0n) is 12.8. The number of benzene rings is 2. The highest BCUT2D eigenvalue weighted by atomic mass is 19.4. The number of ether oxygens (including phenoxy) is 2. The van der Waals surface area contributed by atoms with Crippen LogP contribution in [0.5, 0.6) is 11.5 Å². The molecule has 0 aliphatic rings. The van der Waals surface area contributed by atoms with Crippen LogP contribution in [-0.2, 0) is 0 Å². The summed E-state index contributed by atoms with van der Waals surface area (Å²) < 4.78 is 45.8. The first-order valence-electron chi connectivity index (χ1n) is 6.96. The largest absolute Gasteiger partial charge is 0.497 e. The minimum absolute atomic E-state index is 0.145. The van der Waals surface area contributed by atoms with Gasteiger partial charge >= 0.3 is 6.18 Å². The van der Waals surface area contributed by atoms with Crippen LogP contribution in [0.2, 0.25) is 0 Å². The number of nitrogens with zero attached hydrogens (tertiary/aromatic N) is 2. The smallest absolute Gasteiger partial charge is 0.422 e. The van der Waals surface area contributed by atoms with E-state index in [0.29, 0.717) is 5.56 Å². The zero-order chi connectivity index (χ0) is 17.4. The van der Waals surface area contributed by atoms with Crippen molar-refractivity contribution in [3.63, 3.8) is 0 Å². The predicted octanol–water partition coefficient (Wildman–Crippen LogP) is 4.09. The van der Waals surface area contributed by atoms with Gasteiger partial charge in [-0.3, -0.25) is 0 Å². The normalized spacial score (nSPS) is 12.0. The number of hydrogen-bond donors (Lipinski definition) is 0. The van der Waals surface area contributed by atoms with Gasteiger partial charge in [0.15, 0.2) is 6.61 Å². The van der Waals surface area contributed by atoms with Crippen LogP contribution in [0.15, 0.2) is 58.7 Å². The van der Waals surface area contributed by atoms with Gasteiger partial charge in [0.2, 0.25) is 0 Å². The zero-order valence-corrected chi connectivity index (χ0v) is 12.8. The lowest BCUT2D eigenvalue weighted by molar-refractivity contribution is -0.153. The Balaban J connectivity index is 1.88. The summed E-state index contributed by atoms with van der Waals surface area (Å²) in [6, 6.07) is 13.4. The molecule has 0 heterocycles. The van der Waals surface area contributed by atoms with Crippen LogP contribution >= 0.6 is 0 Å². The van der Waals surface area contributed by atoms with Gasteiger partial charge in [-0.15, -0.1) is 0 Å². The van der Waals surface area contributed by atoms with Crippen LogP contribution in [0.1, 0.15) is 11.1 Å². The lowest BCUT2D eigenvalue weighted by Crippen LogP contribution is -2.19. The van der Waals surface area contributed by atoms with Gasteiger partial charge in [-0.1, -0.05) is 0 Å². The molecule has 0 saturated heterocycles. The molecule has 2 rings (SSSR count). The molecular formula is C17H15F3N2O2. The van der Waals surface area contributed by atoms with Gasteiger partial charge in [0.1, 0.15) is 11.5 Å². The molecule has 0 spiro atoms. The van der Waals surface area contributed by atoms with Gasteiger partial charge < -0.3 is 9.47 Å². The van der Waals surface area contributed by atoms with E-state index in [-0.39, 0.29) is 5.75 Å². The number of halogens is 3. The first kappa shape index (κ1) is 17.5. The number of alkyl halides is 3. The Kier molecular flexibility index (Phi) is 5.95. The van der Waals surface area contributed by atoms with Gasteiger partial charge in [0, 0.05) is 0 Å². The Morgan fingerprint density at radius 2 is 1.29 bits per heavy atom. The number of rotatable bonds is 6. The summed E-state index contributed by atoms with van der Waals surface area (Å²) in [4.78, 5) is 0. The van der Waals surface area contributed by atoms with Crippen LogP contribution in [0, 0.1) is 0 Å². The summed E-state index contributed by atoms with van der Waals surface area (Å²) in [6.45, 7) is -1.31. The van der Waals surface area contributed by atoms with Crippen molar-refractivity contribution in [3.05, 3.63) is 59.7 Å². The van der Waals surface area contributed by atoms with E-state index in [2.05, 4.69) is 14.9 Å². The molecule has 7 heteroatoms. The molecular weight excluding hydrogens is 321 g/mol. The van der Waals surface area contributed by atoms with Gasteiger partial charge in [-0.05, 0) is 59.7 Å². The summed E-state index contributed by atoms with van der Waals surface area (Å²) in [5, 5.41) is 7.79. The maximum Gasteiger partial charge on any atom is 0.422 e. The molecule has 0 aromatic heterocycles. The molecule has 0 saturated carbocycles. The fourth-order valence-electron chi connectivity index (χ4n) is 1.71. The van der Waals surface area contributed by atoms with Gasteiger partial charge in [0.05, 0.1) is 19.5 Å². The van der Waals surface area contributed by atoms with Gasteiger partial charge in [-0.2, -0.15) is 23.4 Å². The van der Waals surface area contributed by atoms with E-state index in [1.165, 1.54) is 18.3 Å². The molecule has 0 amide bonds. The van der Waals surface area contributed by atoms with Gasteiger partial charge in [0.25, 0.3) is 0 Å². The number of hydrogen-bond acceptors (Lipinski definition) is 4. The fraction of sp³-hybridized carbons (Fsp3) is 0.176. The Morgan fingerprint density at radius 1 is 0.833 bits per heavy atom. The number of methoxy groups -OCH3 is 1. The highest BCUT2D eigenvalue weighted by molar-refractivity contribution is 5.82. The second-order valence-corrected chi connectivity index (χ2v) is 4.74. The van der Waals surface area contributed by atoms with E-state index in [1.54, 1.807) is 25.5 Å². The molecule has 24 heavy (non-hydrogen) atoms. The van der Waals surface area contributed by atoms with E-state index in [4.69, 9.17) is 4.74 Å². The minimum Gasteiger partial charge on any atom is -0.497 e. The summed E-state index contributed by atoms with van der Waals surface area (Å²) in [5.74, 6) is 0.898. The molecule has 4 nitrogen and oxygen atoms in total. The van der Waals surface area contributed by atoms with E-state index in [9.17, 15) is 13.2 Å². The van der Waals surface area contributed by atoms with Gasteiger partial charge in [-0.25, -0.2) is 0 Å². The van der Waals surface area contributed by atoms with Crippen LogP contribution in [0.4, 0.5) is 13.2 Å². The van der Waals surface area contributed by atoms with Crippen molar-refractivity contribution in [1.82, 2.24) is 0 Å². The molecule has 0 radical (unpaired) electrons. The minimum atomic E-state index is -4.35. The molecule has 2 aromatic rings. The second-order valence-electron chi connectivity index (χ2n) is 4.74. The SMILES string of the molecule is COc1ccc(C=NN=Cc2ccc(OCC(F)(F)F)cc2)cc1. The third kappa shape index (κ3) is 6.12. The van der Waals surface area contributed by atoms with E-state index in [1.807, 2.05) is 24.3 Å². The van der Waals surface area contributed by atoms with Crippen molar-refractivity contribution in [3.8, 4) is 11.5 Å². The van der Waals surface area contributed by atoms with Crippen molar-refractivity contribution in [2.24, 2.45) is 10.2 Å². The third-order valence-corrected chi connectivity index (χ3v) is 2.88. The monoisotopic (exact) mass is 336 g/mol. The molecule has 126 valence electrons. The molecule has 0 aliphatic heterocycles. The average Bonchev–Trinajstić information content (AvgIpc) is 2.58. The van der Waals surface area contributed by atoms with Crippen molar-refractivity contribution < 1.29 is 22.6 Å². The maximum atomic E-state index is 12.0. The summed E-state index contributed by atoms with van der Waals surface area (Å²) in [7, 11) is 1.59. The predicted molar refractivity (Wildman–Crippen MR) is 86.2 cm³/mol. The summed E-state index contributed by atoms with van der Waals surface area (Å²) in [5.41, 5.74) is 1.56. The lowest BCUT2D eigenvalue weighted by atomic mass is 10.2. The van der Waals surface area contributed by atoms with Crippen LogP contribution in [0.25, 0.3) is 0 Å². The first-order valence-corrected chi connectivity index (χ1v) is 6.96. The lowest BCUT2D eigenvalue weighted by Gasteiger charge is -2.08. The van der Waals surface area contributed by atoms with E-state index in [0.717, 1.165) is 11.3 Å². The molecule has 0 bridgehead atoms. The van der Waals surface area contributed by atoms with Crippen LogP contribution < -0.4 is 9.47 Å². The molecule has 2 aromatic carbocycles. The van der Waals surface area contributed by atoms with Crippen LogP contribution in [0.3, 0.4) is 0 Å². The van der Waals surface area contributed by atoms with Crippen molar-refractivity contribution >= 4 is 12.4 Å². The topological polar surface area (TPSA) is 43.2 Å².